The predicted octanol–water partition coefficient (Wildman–Crippen LogP) is 1.24. The molecule has 0 saturated carbocycles. The number of hydrogen-bond donors (Lipinski definition) is 2. The van der Waals surface area contributed by atoms with Crippen molar-refractivity contribution in [2.75, 3.05) is 13.3 Å². The summed E-state index contributed by atoms with van der Waals surface area (Å²) in [4.78, 5) is 10.7. The molecule has 1 radical (unpaired) electrons. The average molecular weight is 770 g/mol. The third-order valence-corrected chi connectivity index (χ3v) is 11.2. The minimum absolute atomic E-state index is 0. The number of nitrogens with zero attached hydrogens (tertiary/aromatic N) is 5. The summed E-state index contributed by atoms with van der Waals surface area (Å²) in [6.07, 6.45) is 0.525. The molecule has 0 fully saturated rings. The molecule has 0 aliphatic carbocycles. The number of hydrogen-bond acceptors (Lipinski definition) is 8. The van der Waals surface area contributed by atoms with Crippen molar-refractivity contribution in [3.8, 4) is 0 Å². The average Bonchev–Trinajstić information content (AvgIpc) is 3.05. The van der Waals surface area contributed by atoms with Crippen LogP contribution < -0.4 is 43.5 Å². The SMILES string of the molecule is CNC([S-])=NN=C(C(C)=NN=C([S-])NC[P+](c1ccccc1)(c1ccccc1)c1ccccc1)c1ccc([N+](=O)[O-])cc1.[Br-].[Cu+2]. The second-order valence-electron chi connectivity index (χ2n) is 9.15. The number of halogens is 1. The molecular formula is C31H29BrCuN7O2PS2. The number of amidine groups is 2. The molecule has 0 spiro atoms. The van der Waals surface area contributed by atoms with E-state index in [9.17, 15) is 10.1 Å². The topological polar surface area (TPSA) is 117 Å². The van der Waals surface area contributed by atoms with Gasteiger partial charge >= 0.3 is 17.1 Å². The molecule has 0 aromatic heterocycles. The molecule has 2 N–H and O–H groups in total. The van der Waals surface area contributed by atoms with Gasteiger partial charge in [-0.1, -0.05) is 54.6 Å². The molecule has 0 bridgehead atoms. The quantitative estimate of drug-likeness (QED) is 0.0478. The van der Waals surface area contributed by atoms with E-state index >= 15 is 0 Å². The number of rotatable bonds is 10. The standard InChI is InChI=1S/C31H30N7O2PS2.BrH.Cu/c1-23(29(35-36-30(42)32-2)24-18-20-25(21-19-24)38(39)40)34-37-31(43)33-22-41(26-12-6-3-7-13-26,27-14-8-4-9-15-27)28-16-10-5-11-17-28;;/h3-21H,22H2,1-2H3,(H3-,32,33,34,35,36,37,42,43);1H;/q;;+2/p-2. The molecule has 0 aliphatic heterocycles. The van der Waals surface area contributed by atoms with Crippen LogP contribution >= 0.6 is 7.26 Å². The Balaban J connectivity index is 0.00000353. The molecular weight excluding hydrogens is 741 g/mol. The van der Waals surface area contributed by atoms with Crippen LogP contribution in [0.2, 0.25) is 0 Å². The molecule has 235 valence electrons. The van der Waals surface area contributed by atoms with Gasteiger partial charge in [-0.15, -0.1) is 5.10 Å². The van der Waals surface area contributed by atoms with Crippen LogP contribution in [0.15, 0.2) is 136 Å². The number of nitro groups is 1. The van der Waals surface area contributed by atoms with E-state index in [1.165, 1.54) is 28.0 Å². The molecule has 0 saturated heterocycles. The molecule has 4 rings (SSSR count). The Morgan fingerprint density at radius 2 is 1.18 bits per heavy atom. The molecule has 0 heterocycles. The molecule has 0 aliphatic rings. The van der Waals surface area contributed by atoms with Gasteiger partial charge in [-0.3, -0.25) is 10.1 Å². The van der Waals surface area contributed by atoms with Crippen molar-refractivity contribution in [1.29, 1.82) is 0 Å². The Bertz CT molecular complexity index is 1570. The fourth-order valence-electron chi connectivity index (χ4n) is 4.38. The third-order valence-electron chi connectivity index (χ3n) is 6.50. The van der Waals surface area contributed by atoms with Gasteiger partial charge in [0.05, 0.1) is 10.6 Å². The van der Waals surface area contributed by atoms with E-state index in [4.69, 9.17) is 25.3 Å². The van der Waals surface area contributed by atoms with Crippen LogP contribution in [0, 0.1) is 10.1 Å². The summed E-state index contributed by atoms with van der Waals surface area (Å²) in [6.45, 7) is 1.71. The van der Waals surface area contributed by atoms with Crippen LogP contribution in [-0.4, -0.2) is 40.0 Å². The van der Waals surface area contributed by atoms with E-state index in [-0.39, 0.29) is 50.1 Å². The second kappa shape index (κ2) is 18.4. The Morgan fingerprint density at radius 1 is 0.733 bits per heavy atom. The second-order valence-corrected chi connectivity index (χ2v) is 13.4. The van der Waals surface area contributed by atoms with Crippen molar-refractivity contribution in [2.24, 2.45) is 20.4 Å². The summed E-state index contributed by atoms with van der Waals surface area (Å²) in [6, 6.07) is 37.2. The number of non-ortho nitro benzene ring substituents is 1. The molecule has 4 aromatic rings. The first-order valence-corrected chi connectivity index (χ1v) is 16.0. The van der Waals surface area contributed by atoms with Crippen molar-refractivity contribution in [3.63, 3.8) is 0 Å². The smallest absolute Gasteiger partial charge is 1.00 e. The maximum Gasteiger partial charge on any atom is 2.00 e. The summed E-state index contributed by atoms with van der Waals surface area (Å²) in [5.74, 6) is 0. The van der Waals surface area contributed by atoms with Crippen LogP contribution in [0.5, 0.6) is 0 Å². The predicted molar refractivity (Wildman–Crippen MR) is 185 cm³/mol. The first-order chi connectivity index (χ1) is 20.8. The van der Waals surface area contributed by atoms with Gasteiger partial charge in [-0.2, -0.15) is 15.3 Å². The van der Waals surface area contributed by atoms with Gasteiger partial charge < -0.3 is 52.9 Å². The Morgan fingerprint density at radius 3 is 1.60 bits per heavy atom. The molecule has 9 nitrogen and oxygen atoms in total. The maximum atomic E-state index is 11.1. The van der Waals surface area contributed by atoms with E-state index in [1.54, 1.807) is 26.1 Å². The van der Waals surface area contributed by atoms with Gasteiger partial charge in [-0.05, 0) is 60.6 Å². The molecule has 14 heteroatoms. The van der Waals surface area contributed by atoms with E-state index in [2.05, 4.69) is 104 Å². The van der Waals surface area contributed by atoms with E-state index in [0.29, 0.717) is 23.3 Å². The van der Waals surface area contributed by atoms with Crippen molar-refractivity contribution >= 4 is 75.9 Å². The van der Waals surface area contributed by atoms with Crippen LogP contribution in [0.3, 0.4) is 0 Å². The third kappa shape index (κ3) is 9.71. The zero-order valence-corrected chi connectivity index (χ0v) is 29.2. The fraction of sp³-hybridized carbons (Fsp3) is 0.0968. The van der Waals surface area contributed by atoms with Crippen LogP contribution in [-0.2, 0) is 42.3 Å². The van der Waals surface area contributed by atoms with Crippen molar-refractivity contribution in [3.05, 3.63) is 131 Å². The molecule has 0 atom stereocenters. The van der Waals surface area contributed by atoms with Crippen molar-refractivity contribution < 1.29 is 39.0 Å². The molecule has 0 unspecified atom stereocenters. The molecule has 4 aromatic carbocycles. The van der Waals surface area contributed by atoms with Gasteiger partial charge in [-0.25, -0.2) is 0 Å². The zero-order valence-electron chi connectivity index (χ0n) is 24.2. The summed E-state index contributed by atoms with van der Waals surface area (Å²) in [7, 11) is -0.547. The van der Waals surface area contributed by atoms with Gasteiger partial charge in [0.2, 0.25) is 0 Å². The van der Waals surface area contributed by atoms with Crippen molar-refractivity contribution in [2.45, 2.75) is 6.92 Å². The fourth-order valence-corrected chi connectivity index (χ4v) is 8.52. The monoisotopic (exact) mass is 768 g/mol. The molecule has 0 amide bonds. The first-order valence-electron chi connectivity index (χ1n) is 13.2. The summed E-state index contributed by atoms with van der Waals surface area (Å²) < 4.78 is 0. The number of nitrogens with one attached hydrogen (secondary N) is 2. The molecule has 45 heavy (non-hydrogen) atoms. The number of nitro benzene ring substituents is 1. The van der Waals surface area contributed by atoms with E-state index < -0.39 is 12.2 Å². The summed E-state index contributed by atoms with van der Waals surface area (Å²) >= 11 is 10.7. The number of benzene rings is 4. The van der Waals surface area contributed by atoms with E-state index in [1.807, 2.05) is 18.2 Å². The normalized spacial score (nSPS) is 12.4. The largest absolute Gasteiger partial charge is 2.00 e. The Labute approximate surface area is 295 Å². The van der Waals surface area contributed by atoms with Gasteiger partial charge in [0.25, 0.3) is 5.69 Å². The Hall–Kier alpha value is -3.57. The minimum atomic E-state index is -2.18. The minimum Gasteiger partial charge on any atom is -1.00 e. The van der Waals surface area contributed by atoms with Gasteiger partial charge in [0.1, 0.15) is 35.2 Å². The van der Waals surface area contributed by atoms with Crippen LogP contribution in [0.25, 0.3) is 0 Å². The van der Waals surface area contributed by atoms with Crippen LogP contribution in [0.4, 0.5) is 5.69 Å². The Kier molecular flexibility index (Phi) is 15.4. The van der Waals surface area contributed by atoms with Gasteiger partial charge in [0, 0.05) is 29.9 Å². The van der Waals surface area contributed by atoms with Gasteiger partial charge in [0.15, 0.2) is 0 Å². The summed E-state index contributed by atoms with van der Waals surface area (Å²) in [5, 5.41) is 38.1. The first kappa shape index (κ1) is 37.6. The van der Waals surface area contributed by atoms with E-state index in [0.717, 1.165) is 0 Å². The van der Waals surface area contributed by atoms with Crippen molar-refractivity contribution in [1.82, 2.24) is 10.6 Å². The zero-order chi connectivity index (χ0) is 30.7. The summed E-state index contributed by atoms with van der Waals surface area (Å²) in [5.41, 5.74) is 1.26. The maximum absolute atomic E-state index is 11.1. The van der Waals surface area contributed by atoms with Crippen LogP contribution in [0.1, 0.15) is 12.5 Å².